The van der Waals surface area contributed by atoms with E-state index in [1.807, 2.05) is 6.07 Å². The minimum atomic E-state index is -0.189. The van der Waals surface area contributed by atoms with Crippen LogP contribution in [0.25, 0.3) is 21.7 Å². The lowest BCUT2D eigenvalue weighted by atomic mass is 10.2. The van der Waals surface area contributed by atoms with Crippen molar-refractivity contribution < 1.29 is 0 Å². The van der Waals surface area contributed by atoms with Gasteiger partial charge in [0.25, 0.3) is 5.56 Å². The van der Waals surface area contributed by atoms with Crippen molar-refractivity contribution in [3.05, 3.63) is 63.3 Å². The number of nitrogens with zero attached hydrogens (tertiary/aromatic N) is 2. The van der Waals surface area contributed by atoms with Gasteiger partial charge in [-0.05, 0) is 18.2 Å². The molecule has 0 aliphatic rings. The van der Waals surface area contributed by atoms with Gasteiger partial charge in [0.15, 0.2) is 5.43 Å². The predicted molar refractivity (Wildman–Crippen MR) is 70.8 cm³/mol. The molecule has 3 aromatic rings. The van der Waals surface area contributed by atoms with Gasteiger partial charge in [0.1, 0.15) is 0 Å². The lowest BCUT2D eigenvalue weighted by molar-refractivity contribution is 0.921. The molecule has 0 fully saturated rings. The van der Waals surface area contributed by atoms with Crippen LogP contribution in [0.2, 0.25) is 0 Å². The Kier molecular flexibility index (Phi) is 2.23. The number of pyridine rings is 1. The van der Waals surface area contributed by atoms with Gasteiger partial charge >= 0.3 is 0 Å². The van der Waals surface area contributed by atoms with Crippen molar-refractivity contribution in [1.82, 2.24) is 9.55 Å². The number of benzene rings is 1. The van der Waals surface area contributed by atoms with Crippen molar-refractivity contribution in [3.63, 3.8) is 0 Å². The fourth-order valence-electron chi connectivity index (χ4n) is 2.16. The first kappa shape index (κ1) is 10.7. The zero-order chi connectivity index (χ0) is 12.7. The molecule has 4 nitrogen and oxygen atoms in total. The van der Waals surface area contributed by atoms with Crippen LogP contribution in [-0.4, -0.2) is 9.55 Å². The van der Waals surface area contributed by atoms with Crippen molar-refractivity contribution >= 4 is 21.7 Å². The Bertz CT molecular complexity index is 882. The summed E-state index contributed by atoms with van der Waals surface area (Å²) in [5.41, 5.74) is 0.279. The summed E-state index contributed by atoms with van der Waals surface area (Å²) < 4.78 is 1.50. The average Bonchev–Trinajstić information content (AvgIpc) is 2.51. The van der Waals surface area contributed by atoms with Crippen molar-refractivity contribution in [2.24, 2.45) is 7.05 Å². The first-order chi connectivity index (χ1) is 8.70. The summed E-state index contributed by atoms with van der Waals surface area (Å²) in [5.74, 6) is 0. The molecule has 4 heteroatoms. The number of rotatable bonds is 0. The fraction of sp³-hybridized carbons (Fsp3) is 0.0714. The third-order valence-electron chi connectivity index (χ3n) is 3.11. The monoisotopic (exact) mass is 238 g/mol. The Balaban J connectivity index is 2.84. The summed E-state index contributed by atoms with van der Waals surface area (Å²) in [6, 6.07) is 8.67. The molecule has 3 rings (SSSR count). The molecule has 0 atom stereocenters. The summed E-state index contributed by atoms with van der Waals surface area (Å²) >= 11 is 0. The van der Waals surface area contributed by atoms with Crippen LogP contribution in [-0.2, 0) is 7.05 Å². The molecule has 88 valence electrons. The van der Waals surface area contributed by atoms with Crippen molar-refractivity contribution in [2.75, 3.05) is 0 Å². The van der Waals surface area contributed by atoms with E-state index in [4.69, 9.17) is 0 Å². The Labute approximate surface area is 102 Å². The third-order valence-corrected chi connectivity index (χ3v) is 3.11. The first-order valence-corrected chi connectivity index (χ1v) is 5.56. The molecule has 2 heterocycles. The standard InChI is InChI=1S/C14H10N2O2/c1-16-12-5-3-2-4-10(12)13(17)11-8-15-7-6-9(11)14(16)18/h2-8H,1H3. The maximum absolute atomic E-state index is 12.4. The Hall–Kier alpha value is -2.49. The zero-order valence-electron chi connectivity index (χ0n) is 9.75. The number of para-hydroxylation sites is 1. The Morgan fingerprint density at radius 3 is 2.61 bits per heavy atom. The minimum Gasteiger partial charge on any atom is -0.311 e. The molecular weight excluding hydrogens is 228 g/mol. The maximum Gasteiger partial charge on any atom is 0.258 e. The highest BCUT2D eigenvalue weighted by Gasteiger charge is 2.07. The highest BCUT2D eigenvalue weighted by molar-refractivity contribution is 5.90. The van der Waals surface area contributed by atoms with E-state index in [-0.39, 0.29) is 11.0 Å². The van der Waals surface area contributed by atoms with E-state index >= 15 is 0 Å². The molecule has 0 amide bonds. The number of hydrogen-bond donors (Lipinski definition) is 0. The molecule has 0 bridgehead atoms. The lowest BCUT2D eigenvalue weighted by Gasteiger charge is -1.97. The molecule has 0 saturated carbocycles. The minimum absolute atomic E-state index is 0.161. The van der Waals surface area contributed by atoms with Crippen LogP contribution >= 0.6 is 0 Å². The van der Waals surface area contributed by atoms with Gasteiger partial charge in [-0.2, -0.15) is 0 Å². The first-order valence-electron chi connectivity index (χ1n) is 5.56. The summed E-state index contributed by atoms with van der Waals surface area (Å²) in [7, 11) is 1.67. The second-order valence-electron chi connectivity index (χ2n) is 4.13. The van der Waals surface area contributed by atoms with Gasteiger partial charge in [-0.1, -0.05) is 12.1 Å². The van der Waals surface area contributed by atoms with Gasteiger partial charge in [0, 0.05) is 24.8 Å². The molecule has 2 aromatic heterocycles. The van der Waals surface area contributed by atoms with Crippen molar-refractivity contribution in [1.29, 1.82) is 0 Å². The molecule has 0 aliphatic heterocycles. The van der Waals surface area contributed by atoms with Crippen LogP contribution in [0.3, 0.4) is 0 Å². The van der Waals surface area contributed by atoms with Crippen LogP contribution in [0.5, 0.6) is 0 Å². The summed E-state index contributed by atoms with van der Waals surface area (Å²) in [5, 5.41) is 1.29. The quantitative estimate of drug-likeness (QED) is 0.595. The van der Waals surface area contributed by atoms with E-state index in [0.29, 0.717) is 21.7 Å². The third kappa shape index (κ3) is 1.35. The SMILES string of the molecule is Cn1c(=O)c2ccncc2c(=O)c2ccccc21. The number of aryl methyl sites for hydroxylation is 1. The summed E-state index contributed by atoms with van der Waals surface area (Å²) in [6.45, 7) is 0. The number of fused-ring (bicyclic) bond motifs is 2. The van der Waals surface area contributed by atoms with Crippen LogP contribution in [0, 0.1) is 0 Å². The summed E-state index contributed by atoms with van der Waals surface area (Å²) in [6.07, 6.45) is 2.97. The largest absolute Gasteiger partial charge is 0.311 e. The zero-order valence-corrected chi connectivity index (χ0v) is 9.75. The molecule has 18 heavy (non-hydrogen) atoms. The molecule has 0 unspecified atom stereocenters. The van der Waals surface area contributed by atoms with E-state index in [1.165, 1.54) is 17.0 Å². The second kappa shape index (κ2) is 3.77. The van der Waals surface area contributed by atoms with E-state index in [9.17, 15) is 9.59 Å². The lowest BCUT2D eigenvalue weighted by Crippen LogP contribution is -2.13. The molecule has 0 aliphatic carbocycles. The Morgan fingerprint density at radius 2 is 1.78 bits per heavy atom. The number of aromatic nitrogens is 2. The maximum atomic E-state index is 12.4. The van der Waals surface area contributed by atoms with Crippen LogP contribution in [0.4, 0.5) is 0 Å². The van der Waals surface area contributed by atoms with Crippen LogP contribution in [0.1, 0.15) is 0 Å². The van der Waals surface area contributed by atoms with Gasteiger partial charge < -0.3 is 4.57 Å². The second-order valence-corrected chi connectivity index (χ2v) is 4.13. The van der Waals surface area contributed by atoms with Gasteiger partial charge in [-0.15, -0.1) is 0 Å². The smallest absolute Gasteiger partial charge is 0.258 e. The molecule has 0 N–H and O–H groups in total. The van der Waals surface area contributed by atoms with E-state index in [0.717, 1.165) is 0 Å². The average molecular weight is 238 g/mol. The van der Waals surface area contributed by atoms with Crippen LogP contribution in [0.15, 0.2) is 52.3 Å². The molecular formula is C14H10N2O2. The molecule has 0 radical (unpaired) electrons. The molecule has 0 saturated heterocycles. The van der Waals surface area contributed by atoms with Crippen molar-refractivity contribution in [2.45, 2.75) is 0 Å². The van der Waals surface area contributed by atoms with E-state index in [1.54, 1.807) is 31.3 Å². The number of hydrogen-bond acceptors (Lipinski definition) is 3. The molecule has 0 spiro atoms. The van der Waals surface area contributed by atoms with E-state index < -0.39 is 0 Å². The van der Waals surface area contributed by atoms with Gasteiger partial charge in [0.2, 0.25) is 0 Å². The van der Waals surface area contributed by atoms with Crippen molar-refractivity contribution in [3.8, 4) is 0 Å². The molecule has 1 aromatic carbocycles. The van der Waals surface area contributed by atoms with E-state index in [2.05, 4.69) is 4.98 Å². The van der Waals surface area contributed by atoms with Crippen LogP contribution < -0.4 is 11.0 Å². The highest BCUT2D eigenvalue weighted by Crippen LogP contribution is 2.10. The fourth-order valence-corrected chi connectivity index (χ4v) is 2.16. The summed E-state index contributed by atoms with van der Waals surface area (Å²) in [4.78, 5) is 28.6. The van der Waals surface area contributed by atoms with Gasteiger partial charge in [-0.3, -0.25) is 14.6 Å². The highest BCUT2D eigenvalue weighted by atomic mass is 16.1. The van der Waals surface area contributed by atoms with Gasteiger partial charge in [0.05, 0.1) is 16.3 Å². The Morgan fingerprint density at radius 1 is 1.00 bits per heavy atom. The topological polar surface area (TPSA) is 52.0 Å². The normalized spacial score (nSPS) is 10.9. The van der Waals surface area contributed by atoms with Gasteiger partial charge in [-0.25, -0.2) is 0 Å². The predicted octanol–water partition coefficient (Wildman–Crippen LogP) is 1.45.